The van der Waals surface area contributed by atoms with Gasteiger partial charge in [-0.1, -0.05) is 13.8 Å². The molecule has 0 aromatic heterocycles. The zero-order chi connectivity index (χ0) is 20.0. The average Bonchev–Trinajstić information content (AvgIpc) is 2.66. The summed E-state index contributed by atoms with van der Waals surface area (Å²) in [7, 11) is 0. The van der Waals surface area contributed by atoms with E-state index in [0.29, 0.717) is 11.6 Å². The van der Waals surface area contributed by atoms with E-state index in [1.54, 1.807) is 6.07 Å². The Morgan fingerprint density at radius 3 is 2.63 bits per heavy atom. The van der Waals surface area contributed by atoms with E-state index in [1.165, 1.54) is 12.1 Å². The standard InChI is InChI=1S/C19H27N3O5/c1-4-14(3)20-18(23)12-27-19(24)15-5-6-16(17(11-15)22(25)26)21-9-7-13(2)8-10-21/h5-6,11,13-14H,4,7-10,12H2,1-3H3,(H,20,23)/t14-/m1/s1. The molecule has 1 atom stereocenters. The van der Waals surface area contributed by atoms with Crippen LogP contribution in [0.25, 0.3) is 0 Å². The molecule has 0 radical (unpaired) electrons. The number of nitro groups is 1. The van der Waals surface area contributed by atoms with E-state index < -0.39 is 23.4 Å². The van der Waals surface area contributed by atoms with Crippen LogP contribution in [0.1, 0.15) is 50.4 Å². The van der Waals surface area contributed by atoms with E-state index in [9.17, 15) is 19.7 Å². The van der Waals surface area contributed by atoms with Crippen LogP contribution in [-0.4, -0.2) is 42.5 Å². The molecule has 1 fully saturated rings. The summed E-state index contributed by atoms with van der Waals surface area (Å²) < 4.78 is 4.98. The summed E-state index contributed by atoms with van der Waals surface area (Å²) in [5.74, 6) is -0.543. The van der Waals surface area contributed by atoms with Crippen molar-refractivity contribution < 1.29 is 19.2 Å². The maximum Gasteiger partial charge on any atom is 0.338 e. The lowest BCUT2D eigenvalue weighted by atomic mass is 9.98. The van der Waals surface area contributed by atoms with Gasteiger partial charge in [-0.25, -0.2) is 4.79 Å². The summed E-state index contributed by atoms with van der Waals surface area (Å²) >= 11 is 0. The normalized spacial score (nSPS) is 15.9. The van der Waals surface area contributed by atoms with Gasteiger partial charge >= 0.3 is 5.97 Å². The Labute approximate surface area is 159 Å². The summed E-state index contributed by atoms with van der Waals surface area (Å²) in [4.78, 5) is 36.9. The predicted molar refractivity (Wildman–Crippen MR) is 102 cm³/mol. The highest BCUT2D eigenvalue weighted by Crippen LogP contribution is 2.32. The third-order valence-corrected chi connectivity index (χ3v) is 4.89. The summed E-state index contributed by atoms with van der Waals surface area (Å²) in [6.45, 7) is 7.04. The molecule has 1 amide bonds. The second-order valence-corrected chi connectivity index (χ2v) is 7.08. The lowest BCUT2D eigenvalue weighted by Crippen LogP contribution is -2.35. The fraction of sp³-hybridized carbons (Fsp3) is 0.579. The van der Waals surface area contributed by atoms with Crippen LogP contribution < -0.4 is 10.2 Å². The van der Waals surface area contributed by atoms with Gasteiger partial charge in [-0.2, -0.15) is 0 Å². The fourth-order valence-electron chi connectivity index (χ4n) is 2.95. The highest BCUT2D eigenvalue weighted by molar-refractivity contribution is 5.93. The number of piperidine rings is 1. The molecule has 1 N–H and O–H groups in total. The van der Waals surface area contributed by atoms with Gasteiger partial charge in [0.2, 0.25) is 0 Å². The van der Waals surface area contributed by atoms with Gasteiger partial charge in [-0.3, -0.25) is 14.9 Å². The molecule has 0 unspecified atom stereocenters. The number of rotatable bonds is 7. The third-order valence-electron chi connectivity index (χ3n) is 4.89. The van der Waals surface area contributed by atoms with Crippen molar-refractivity contribution >= 4 is 23.3 Å². The Hall–Kier alpha value is -2.64. The molecule has 0 spiro atoms. The number of amides is 1. The number of hydrogen-bond donors (Lipinski definition) is 1. The number of benzene rings is 1. The van der Waals surface area contributed by atoms with Gasteiger partial charge in [0.25, 0.3) is 11.6 Å². The van der Waals surface area contributed by atoms with Crippen molar-refractivity contribution in [1.82, 2.24) is 5.32 Å². The summed E-state index contributed by atoms with van der Waals surface area (Å²) in [5, 5.41) is 14.2. The number of carbonyl (C=O) groups excluding carboxylic acids is 2. The van der Waals surface area contributed by atoms with Crippen molar-refractivity contribution in [2.75, 3.05) is 24.6 Å². The molecule has 1 aliphatic heterocycles. The van der Waals surface area contributed by atoms with Gasteiger partial charge in [-0.05, 0) is 44.2 Å². The predicted octanol–water partition coefficient (Wildman–Crippen LogP) is 2.90. The van der Waals surface area contributed by atoms with Crippen molar-refractivity contribution in [2.45, 2.75) is 46.1 Å². The SMILES string of the molecule is CC[C@@H](C)NC(=O)COC(=O)c1ccc(N2CCC(C)CC2)c([N+](=O)[O-])c1. The Balaban J connectivity index is 2.07. The molecule has 148 valence electrons. The largest absolute Gasteiger partial charge is 0.452 e. The van der Waals surface area contributed by atoms with Crippen LogP contribution in [0.15, 0.2) is 18.2 Å². The number of anilines is 1. The first kappa shape index (κ1) is 20.7. The Kier molecular flexibility index (Phi) is 7.15. The topological polar surface area (TPSA) is 102 Å². The number of hydrogen-bond acceptors (Lipinski definition) is 6. The first-order valence-corrected chi connectivity index (χ1v) is 9.31. The second kappa shape index (κ2) is 9.34. The first-order chi connectivity index (χ1) is 12.8. The number of nitrogens with zero attached hydrogens (tertiary/aromatic N) is 2. The lowest BCUT2D eigenvalue weighted by molar-refractivity contribution is -0.384. The van der Waals surface area contributed by atoms with E-state index in [2.05, 4.69) is 12.2 Å². The van der Waals surface area contributed by atoms with Crippen LogP contribution in [0.5, 0.6) is 0 Å². The van der Waals surface area contributed by atoms with Gasteiger partial charge in [-0.15, -0.1) is 0 Å². The minimum Gasteiger partial charge on any atom is -0.452 e. The minimum atomic E-state index is -0.754. The Morgan fingerprint density at radius 1 is 1.37 bits per heavy atom. The molecule has 2 rings (SSSR count). The van der Waals surface area contributed by atoms with Gasteiger partial charge in [0, 0.05) is 25.2 Å². The Morgan fingerprint density at radius 2 is 2.04 bits per heavy atom. The van der Waals surface area contributed by atoms with Crippen LogP contribution in [0.4, 0.5) is 11.4 Å². The first-order valence-electron chi connectivity index (χ1n) is 9.31. The maximum atomic E-state index is 12.2. The molecule has 1 heterocycles. The molecule has 8 nitrogen and oxygen atoms in total. The van der Waals surface area contributed by atoms with Gasteiger partial charge < -0.3 is 15.0 Å². The van der Waals surface area contributed by atoms with E-state index in [-0.39, 0.29) is 17.3 Å². The van der Waals surface area contributed by atoms with Gasteiger partial charge in [0.15, 0.2) is 6.61 Å². The zero-order valence-electron chi connectivity index (χ0n) is 16.1. The number of nitrogens with one attached hydrogen (secondary N) is 1. The molecule has 0 aliphatic carbocycles. The monoisotopic (exact) mass is 377 g/mol. The van der Waals surface area contributed by atoms with Crippen LogP contribution in [-0.2, 0) is 9.53 Å². The van der Waals surface area contributed by atoms with Crippen LogP contribution >= 0.6 is 0 Å². The van der Waals surface area contributed by atoms with E-state index in [4.69, 9.17) is 4.74 Å². The Bertz CT molecular complexity index is 699. The lowest BCUT2D eigenvalue weighted by Gasteiger charge is -2.31. The van der Waals surface area contributed by atoms with Crippen molar-refractivity contribution in [3.63, 3.8) is 0 Å². The number of carbonyl (C=O) groups is 2. The molecule has 8 heteroatoms. The molecule has 1 saturated heterocycles. The fourth-order valence-corrected chi connectivity index (χ4v) is 2.95. The van der Waals surface area contributed by atoms with E-state index >= 15 is 0 Å². The molecular formula is C19H27N3O5. The molecule has 1 aliphatic rings. The van der Waals surface area contributed by atoms with Gasteiger partial charge in [0.05, 0.1) is 10.5 Å². The maximum absolute atomic E-state index is 12.2. The number of nitro benzene ring substituents is 1. The smallest absolute Gasteiger partial charge is 0.338 e. The molecular weight excluding hydrogens is 350 g/mol. The summed E-state index contributed by atoms with van der Waals surface area (Å²) in [6, 6.07) is 4.31. The van der Waals surface area contributed by atoms with E-state index in [0.717, 1.165) is 32.4 Å². The molecule has 1 aromatic carbocycles. The van der Waals surface area contributed by atoms with Crippen molar-refractivity contribution in [3.8, 4) is 0 Å². The molecule has 0 saturated carbocycles. The van der Waals surface area contributed by atoms with Crippen LogP contribution in [0, 0.1) is 16.0 Å². The van der Waals surface area contributed by atoms with Crippen LogP contribution in [0.3, 0.4) is 0 Å². The molecule has 0 bridgehead atoms. The highest BCUT2D eigenvalue weighted by Gasteiger charge is 2.25. The van der Waals surface area contributed by atoms with Crippen LogP contribution in [0.2, 0.25) is 0 Å². The zero-order valence-corrected chi connectivity index (χ0v) is 16.1. The minimum absolute atomic E-state index is 0.0103. The number of esters is 1. The van der Waals surface area contributed by atoms with Gasteiger partial charge in [0.1, 0.15) is 5.69 Å². The highest BCUT2D eigenvalue weighted by atomic mass is 16.6. The van der Waals surface area contributed by atoms with Crippen molar-refractivity contribution in [2.24, 2.45) is 5.92 Å². The third kappa shape index (κ3) is 5.67. The second-order valence-electron chi connectivity index (χ2n) is 7.08. The van der Waals surface area contributed by atoms with E-state index in [1.807, 2.05) is 18.7 Å². The quantitative estimate of drug-likeness (QED) is 0.445. The molecule has 27 heavy (non-hydrogen) atoms. The average molecular weight is 377 g/mol. The summed E-state index contributed by atoms with van der Waals surface area (Å²) in [5.41, 5.74) is 0.452. The van der Waals surface area contributed by atoms with Crippen molar-refractivity contribution in [1.29, 1.82) is 0 Å². The molecule has 1 aromatic rings. The number of ether oxygens (including phenoxy) is 1. The van der Waals surface area contributed by atoms with Crippen molar-refractivity contribution in [3.05, 3.63) is 33.9 Å². The summed E-state index contributed by atoms with van der Waals surface area (Å²) in [6.07, 6.45) is 2.72.